The van der Waals surface area contributed by atoms with Crippen molar-refractivity contribution >= 4 is 38.9 Å². The molecule has 1 aliphatic rings. The highest BCUT2D eigenvalue weighted by molar-refractivity contribution is 7.91. The molecule has 0 unspecified atom stereocenters. The lowest BCUT2D eigenvalue weighted by atomic mass is 10.1. The maximum Gasteiger partial charge on any atom is 0.262 e. The number of benzene rings is 1. The van der Waals surface area contributed by atoms with Gasteiger partial charge in [0.1, 0.15) is 9.96 Å². The van der Waals surface area contributed by atoms with Gasteiger partial charge in [-0.2, -0.15) is 0 Å². The number of hydrogen-bond acceptors (Lipinski definition) is 6. The molecule has 2 heterocycles. The minimum atomic E-state index is -3.72. The summed E-state index contributed by atoms with van der Waals surface area (Å²) in [4.78, 5) is 24.1. The minimum absolute atomic E-state index is 0.0197. The number of carbonyl (C=O) groups is 2. The molecule has 25 heavy (non-hydrogen) atoms. The van der Waals surface area contributed by atoms with Crippen molar-refractivity contribution in [2.45, 2.75) is 17.2 Å². The molecule has 1 aliphatic heterocycles. The van der Waals surface area contributed by atoms with Crippen LogP contribution in [0.15, 0.2) is 34.5 Å². The topological polar surface area (TPSA) is 128 Å². The molecule has 0 fully saturated rings. The molecule has 4 N–H and O–H groups in total. The quantitative estimate of drug-likeness (QED) is 0.698. The van der Waals surface area contributed by atoms with Crippen molar-refractivity contribution in [2.75, 3.05) is 11.9 Å². The van der Waals surface area contributed by atoms with Crippen LogP contribution in [0.5, 0.6) is 5.75 Å². The molecule has 0 atom stereocenters. The van der Waals surface area contributed by atoms with Gasteiger partial charge in [-0.3, -0.25) is 9.59 Å². The van der Waals surface area contributed by atoms with Gasteiger partial charge in [0.15, 0.2) is 6.61 Å². The molecule has 1 aromatic carbocycles. The van der Waals surface area contributed by atoms with Crippen LogP contribution in [0.3, 0.4) is 0 Å². The fraction of sp³-hybridized carbons (Fsp3) is 0.200. The van der Waals surface area contributed by atoms with Crippen LogP contribution >= 0.6 is 11.3 Å². The van der Waals surface area contributed by atoms with E-state index in [9.17, 15) is 18.0 Å². The van der Waals surface area contributed by atoms with E-state index >= 15 is 0 Å². The van der Waals surface area contributed by atoms with Crippen LogP contribution < -0.4 is 20.5 Å². The molecule has 0 aliphatic carbocycles. The van der Waals surface area contributed by atoms with Crippen LogP contribution in [0.25, 0.3) is 0 Å². The number of ether oxygens (including phenoxy) is 1. The first-order chi connectivity index (χ1) is 11.8. The van der Waals surface area contributed by atoms with Crippen molar-refractivity contribution in [1.82, 2.24) is 5.32 Å². The van der Waals surface area contributed by atoms with Crippen LogP contribution in [0.2, 0.25) is 0 Å². The zero-order valence-electron chi connectivity index (χ0n) is 12.9. The lowest BCUT2D eigenvalue weighted by Gasteiger charge is -2.18. The first-order valence-electron chi connectivity index (χ1n) is 7.25. The highest BCUT2D eigenvalue weighted by atomic mass is 32.2. The summed E-state index contributed by atoms with van der Waals surface area (Å²) in [5.74, 6) is 0.101. The Balaban J connectivity index is 1.59. The summed E-state index contributed by atoms with van der Waals surface area (Å²) in [6.45, 7) is 0.192. The number of primary sulfonamides is 1. The molecule has 3 rings (SSSR count). The van der Waals surface area contributed by atoms with Crippen molar-refractivity contribution in [2.24, 2.45) is 5.14 Å². The van der Waals surface area contributed by atoms with Crippen LogP contribution in [0, 0.1) is 0 Å². The predicted molar refractivity (Wildman–Crippen MR) is 91.8 cm³/mol. The molecule has 2 aromatic rings. The lowest BCUT2D eigenvalue weighted by molar-refractivity contribution is -0.120. The summed E-state index contributed by atoms with van der Waals surface area (Å²) in [6, 6.07) is 8.16. The first-order valence-corrected chi connectivity index (χ1v) is 9.61. The third kappa shape index (κ3) is 4.35. The molecule has 8 nitrogen and oxygen atoms in total. The van der Waals surface area contributed by atoms with Gasteiger partial charge in [0, 0.05) is 4.88 Å². The van der Waals surface area contributed by atoms with Crippen LogP contribution in [-0.2, 0) is 32.6 Å². The van der Waals surface area contributed by atoms with E-state index in [4.69, 9.17) is 9.88 Å². The highest BCUT2D eigenvalue weighted by Crippen LogP contribution is 2.28. The van der Waals surface area contributed by atoms with Crippen molar-refractivity contribution in [3.8, 4) is 5.75 Å². The van der Waals surface area contributed by atoms with Gasteiger partial charge in [-0.15, -0.1) is 11.3 Å². The van der Waals surface area contributed by atoms with E-state index in [2.05, 4.69) is 10.6 Å². The number of nitrogens with two attached hydrogens (primary N) is 1. The van der Waals surface area contributed by atoms with E-state index in [1.54, 1.807) is 24.3 Å². The second-order valence-corrected chi connectivity index (χ2v) is 8.34. The number of amides is 2. The third-order valence-electron chi connectivity index (χ3n) is 3.42. The normalized spacial score (nSPS) is 13.6. The van der Waals surface area contributed by atoms with Gasteiger partial charge in [0.25, 0.3) is 5.91 Å². The molecule has 0 saturated carbocycles. The van der Waals surface area contributed by atoms with Crippen molar-refractivity contribution < 1.29 is 22.7 Å². The lowest BCUT2D eigenvalue weighted by Crippen LogP contribution is -2.26. The Labute approximate surface area is 148 Å². The predicted octanol–water partition coefficient (Wildman–Crippen LogP) is 0.585. The maximum absolute atomic E-state index is 12.1. The molecule has 0 saturated heterocycles. The fourth-order valence-electron chi connectivity index (χ4n) is 2.28. The van der Waals surface area contributed by atoms with E-state index in [1.807, 2.05) is 0 Å². The highest BCUT2D eigenvalue weighted by Gasteiger charge is 2.17. The minimum Gasteiger partial charge on any atom is -0.482 e. The molecule has 0 spiro atoms. The number of nitrogens with one attached hydrogen (secondary N) is 2. The Bertz CT molecular complexity index is 936. The Kier molecular flexibility index (Phi) is 4.75. The summed E-state index contributed by atoms with van der Waals surface area (Å²) < 4.78 is 27.8. The van der Waals surface area contributed by atoms with Gasteiger partial charge < -0.3 is 15.4 Å². The number of rotatable bonds is 5. The van der Waals surface area contributed by atoms with E-state index in [1.165, 1.54) is 6.07 Å². The summed E-state index contributed by atoms with van der Waals surface area (Å²) in [7, 11) is -3.72. The third-order valence-corrected chi connectivity index (χ3v) is 5.94. The zero-order valence-corrected chi connectivity index (χ0v) is 14.6. The Hall–Kier alpha value is -2.43. The standard InChI is InChI=1S/C15H15N3O5S2/c16-25(21,22)15-4-2-10(24-15)7-17-13(19)6-9-1-3-12-11(5-9)18-14(20)8-23-12/h1-5H,6-8H2,(H,17,19)(H,18,20)(H2,16,21,22). The number of anilines is 1. The molecule has 1 aromatic heterocycles. The number of sulfonamides is 1. The smallest absolute Gasteiger partial charge is 0.262 e. The Morgan fingerprint density at radius 1 is 1.32 bits per heavy atom. The van der Waals surface area contributed by atoms with E-state index < -0.39 is 10.0 Å². The second-order valence-electron chi connectivity index (χ2n) is 5.39. The van der Waals surface area contributed by atoms with Crippen molar-refractivity contribution in [3.63, 3.8) is 0 Å². The zero-order chi connectivity index (χ0) is 18.0. The average molecular weight is 381 g/mol. The van der Waals surface area contributed by atoms with Crippen LogP contribution in [0.1, 0.15) is 10.4 Å². The Morgan fingerprint density at radius 3 is 2.84 bits per heavy atom. The average Bonchev–Trinajstić information content (AvgIpc) is 3.02. The maximum atomic E-state index is 12.1. The van der Waals surface area contributed by atoms with E-state index in [0.29, 0.717) is 16.3 Å². The Morgan fingerprint density at radius 2 is 2.12 bits per heavy atom. The molecule has 2 amide bonds. The SMILES string of the molecule is NS(=O)(=O)c1ccc(CNC(=O)Cc2ccc3c(c2)NC(=O)CO3)s1. The molecule has 10 heteroatoms. The number of hydrogen-bond donors (Lipinski definition) is 3. The molecule has 132 valence electrons. The monoisotopic (exact) mass is 381 g/mol. The van der Waals surface area contributed by atoms with Crippen molar-refractivity contribution in [3.05, 3.63) is 40.8 Å². The largest absolute Gasteiger partial charge is 0.482 e. The summed E-state index contributed by atoms with van der Waals surface area (Å²) in [6.07, 6.45) is 0.122. The summed E-state index contributed by atoms with van der Waals surface area (Å²) in [5.41, 5.74) is 1.26. The molecule has 0 bridgehead atoms. The van der Waals surface area contributed by atoms with Gasteiger partial charge in [-0.05, 0) is 29.8 Å². The van der Waals surface area contributed by atoms with E-state index in [-0.39, 0.29) is 35.6 Å². The van der Waals surface area contributed by atoms with Gasteiger partial charge >= 0.3 is 0 Å². The number of thiophene rings is 1. The molecular weight excluding hydrogens is 366 g/mol. The first kappa shape index (κ1) is 17.4. The van der Waals surface area contributed by atoms with Gasteiger partial charge in [-0.25, -0.2) is 13.6 Å². The second kappa shape index (κ2) is 6.82. The molecular formula is C15H15N3O5S2. The van der Waals surface area contributed by atoms with Gasteiger partial charge in [0.2, 0.25) is 15.9 Å². The van der Waals surface area contributed by atoms with E-state index in [0.717, 1.165) is 16.9 Å². The fourth-order valence-corrected chi connectivity index (χ4v) is 4.00. The molecule has 0 radical (unpaired) electrons. The van der Waals surface area contributed by atoms with Crippen molar-refractivity contribution in [1.29, 1.82) is 0 Å². The summed E-state index contributed by atoms with van der Waals surface area (Å²) >= 11 is 1.02. The van der Waals surface area contributed by atoms with Gasteiger partial charge in [0.05, 0.1) is 18.7 Å². The van der Waals surface area contributed by atoms with Gasteiger partial charge in [-0.1, -0.05) is 6.07 Å². The number of fused-ring (bicyclic) bond motifs is 1. The number of carbonyl (C=O) groups excluding carboxylic acids is 2. The van der Waals surface area contributed by atoms with Crippen LogP contribution in [-0.4, -0.2) is 26.8 Å². The summed E-state index contributed by atoms with van der Waals surface area (Å²) in [5, 5.41) is 10.5. The van der Waals surface area contributed by atoms with Crippen LogP contribution in [0.4, 0.5) is 5.69 Å².